The van der Waals surface area contributed by atoms with Crippen LogP contribution < -0.4 is 5.32 Å². The van der Waals surface area contributed by atoms with Crippen LogP contribution in [-0.4, -0.2) is 62.9 Å². The van der Waals surface area contributed by atoms with E-state index in [4.69, 9.17) is 0 Å². The number of pyridine rings is 1. The lowest BCUT2D eigenvalue weighted by Gasteiger charge is -2.15. The first-order valence-electron chi connectivity index (χ1n) is 9.35. The molecule has 8 heteroatoms. The summed E-state index contributed by atoms with van der Waals surface area (Å²) >= 11 is 0. The lowest BCUT2D eigenvalue weighted by molar-refractivity contribution is 0.112. The van der Waals surface area contributed by atoms with E-state index in [1.807, 2.05) is 28.7 Å². The fraction of sp³-hybridized carbons (Fsp3) is 0.300. The molecule has 1 aliphatic heterocycles. The zero-order valence-corrected chi connectivity index (χ0v) is 15.2. The number of carbonyl (C=O) groups excluding carboxylic acids is 1. The van der Waals surface area contributed by atoms with Crippen molar-refractivity contribution >= 4 is 39.9 Å². The Morgan fingerprint density at radius 3 is 2.96 bits per heavy atom. The van der Waals surface area contributed by atoms with Crippen molar-refractivity contribution in [3.8, 4) is 0 Å². The van der Waals surface area contributed by atoms with Gasteiger partial charge in [-0.3, -0.25) is 14.1 Å². The van der Waals surface area contributed by atoms with Crippen LogP contribution in [0.25, 0.3) is 27.7 Å². The molecule has 142 valence electrons. The summed E-state index contributed by atoms with van der Waals surface area (Å²) in [7, 11) is 0. The monoisotopic (exact) mass is 378 g/mol. The maximum atomic E-state index is 13.3. The molecule has 0 spiro atoms. The van der Waals surface area contributed by atoms with Gasteiger partial charge in [-0.15, -0.1) is 0 Å². The first-order valence-corrected chi connectivity index (χ1v) is 9.35. The van der Waals surface area contributed by atoms with Crippen LogP contribution in [0.15, 0.2) is 36.5 Å². The number of hydrogen-bond acceptors (Lipinski definition) is 6. The molecule has 0 bridgehead atoms. The van der Waals surface area contributed by atoms with Gasteiger partial charge in [0, 0.05) is 37.8 Å². The molecule has 1 aromatic carbocycles. The molecule has 1 aliphatic rings. The Morgan fingerprint density at radius 2 is 2.14 bits per heavy atom. The minimum Gasteiger partial charge on any atom is -0.353 e. The highest BCUT2D eigenvalue weighted by atomic mass is 19.1. The third kappa shape index (κ3) is 2.86. The van der Waals surface area contributed by atoms with E-state index in [9.17, 15) is 9.18 Å². The summed E-state index contributed by atoms with van der Waals surface area (Å²) in [5, 5.41) is 3.99. The first-order chi connectivity index (χ1) is 13.7. The fourth-order valence-electron chi connectivity index (χ4n) is 3.82. The SMILES string of the molecule is O=Cc1cc2cnc(NCCN3CC[C@H](F)C3)nc2n2c1nc1ccccc12. The molecule has 0 aliphatic carbocycles. The van der Waals surface area contributed by atoms with Crippen LogP contribution in [0.3, 0.4) is 0 Å². The molecular formula is C20H19FN6O. The molecular weight excluding hydrogens is 359 g/mol. The van der Waals surface area contributed by atoms with Crippen molar-refractivity contribution in [3.05, 3.63) is 42.1 Å². The molecule has 1 fully saturated rings. The molecule has 1 saturated heterocycles. The van der Waals surface area contributed by atoms with Crippen LogP contribution in [0.5, 0.6) is 0 Å². The number of rotatable bonds is 5. The van der Waals surface area contributed by atoms with Crippen molar-refractivity contribution in [1.82, 2.24) is 24.3 Å². The van der Waals surface area contributed by atoms with Crippen molar-refractivity contribution in [2.24, 2.45) is 0 Å². The second-order valence-corrected chi connectivity index (χ2v) is 7.06. The van der Waals surface area contributed by atoms with Crippen LogP contribution in [-0.2, 0) is 0 Å². The van der Waals surface area contributed by atoms with E-state index in [-0.39, 0.29) is 0 Å². The summed E-state index contributed by atoms with van der Waals surface area (Å²) in [5.74, 6) is 0.501. The molecule has 4 aromatic rings. The molecule has 0 saturated carbocycles. The number of nitrogens with zero attached hydrogens (tertiary/aromatic N) is 5. The number of hydrogen-bond donors (Lipinski definition) is 1. The predicted molar refractivity (Wildman–Crippen MR) is 106 cm³/mol. The number of aldehydes is 1. The van der Waals surface area contributed by atoms with Gasteiger partial charge < -0.3 is 5.32 Å². The number of carbonyl (C=O) groups is 1. The fourth-order valence-corrected chi connectivity index (χ4v) is 3.82. The molecule has 7 nitrogen and oxygen atoms in total. The number of fused-ring (bicyclic) bond motifs is 5. The average Bonchev–Trinajstić information content (AvgIpc) is 3.31. The summed E-state index contributed by atoms with van der Waals surface area (Å²) in [6, 6.07) is 9.49. The smallest absolute Gasteiger partial charge is 0.224 e. The molecule has 0 amide bonds. The van der Waals surface area contributed by atoms with Crippen LogP contribution in [0.2, 0.25) is 0 Å². The third-order valence-corrected chi connectivity index (χ3v) is 5.19. The normalized spacial score (nSPS) is 17.7. The summed E-state index contributed by atoms with van der Waals surface area (Å²) in [4.78, 5) is 27.3. The highest BCUT2D eigenvalue weighted by molar-refractivity contribution is 5.97. The maximum Gasteiger partial charge on any atom is 0.224 e. The van der Waals surface area contributed by atoms with E-state index >= 15 is 0 Å². The minimum absolute atomic E-state index is 0.496. The van der Waals surface area contributed by atoms with Crippen molar-refractivity contribution in [2.75, 3.05) is 31.5 Å². The molecule has 0 radical (unpaired) electrons. The molecule has 1 N–H and O–H groups in total. The Balaban J connectivity index is 1.53. The number of aromatic nitrogens is 4. The van der Waals surface area contributed by atoms with Crippen molar-refractivity contribution in [1.29, 1.82) is 0 Å². The molecule has 4 heterocycles. The molecule has 3 aromatic heterocycles. The number of anilines is 1. The number of likely N-dealkylation sites (tertiary alicyclic amines) is 1. The van der Waals surface area contributed by atoms with E-state index in [2.05, 4.69) is 25.2 Å². The summed E-state index contributed by atoms with van der Waals surface area (Å²) < 4.78 is 15.2. The van der Waals surface area contributed by atoms with Gasteiger partial charge in [0.05, 0.1) is 16.6 Å². The topological polar surface area (TPSA) is 75.4 Å². The molecule has 5 rings (SSSR count). The first kappa shape index (κ1) is 17.0. The molecule has 28 heavy (non-hydrogen) atoms. The lowest BCUT2D eigenvalue weighted by Crippen LogP contribution is -2.27. The van der Waals surface area contributed by atoms with Gasteiger partial charge in [-0.05, 0) is 24.6 Å². The molecule has 1 atom stereocenters. The van der Waals surface area contributed by atoms with Gasteiger partial charge in [-0.25, -0.2) is 14.4 Å². The summed E-state index contributed by atoms with van der Waals surface area (Å²) in [6.07, 6.45) is 2.41. The third-order valence-electron chi connectivity index (χ3n) is 5.19. The van der Waals surface area contributed by atoms with Gasteiger partial charge in [-0.1, -0.05) is 12.1 Å². The Bertz CT molecular complexity index is 1190. The van der Waals surface area contributed by atoms with Gasteiger partial charge in [-0.2, -0.15) is 4.98 Å². The van der Waals surface area contributed by atoms with Crippen LogP contribution in [0.1, 0.15) is 16.8 Å². The Morgan fingerprint density at radius 1 is 1.25 bits per heavy atom. The van der Waals surface area contributed by atoms with E-state index < -0.39 is 6.17 Å². The molecule has 0 unspecified atom stereocenters. The summed E-state index contributed by atoms with van der Waals surface area (Å²) in [5.41, 5.74) is 3.47. The number of imidazole rings is 1. The Labute approximate surface area is 160 Å². The van der Waals surface area contributed by atoms with E-state index in [1.165, 1.54) is 0 Å². The zero-order chi connectivity index (χ0) is 19.1. The van der Waals surface area contributed by atoms with Crippen molar-refractivity contribution in [2.45, 2.75) is 12.6 Å². The number of halogens is 1. The van der Waals surface area contributed by atoms with Gasteiger partial charge in [0.2, 0.25) is 5.95 Å². The van der Waals surface area contributed by atoms with Crippen molar-refractivity contribution in [3.63, 3.8) is 0 Å². The maximum absolute atomic E-state index is 13.3. The summed E-state index contributed by atoms with van der Waals surface area (Å²) in [6.45, 7) is 2.67. The second-order valence-electron chi connectivity index (χ2n) is 7.06. The number of para-hydroxylation sites is 2. The van der Waals surface area contributed by atoms with E-state index in [0.29, 0.717) is 42.3 Å². The van der Waals surface area contributed by atoms with E-state index in [1.54, 1.807) is 12.3 Å². The number of alkyl halides is 1. The minimum atomic E-state index is -0.716. The Kier molecular flexibility index (Phi) is 4.12. The number of benzene rings is 1. The zero-order valence-electron chi connectivity index (χ0n) is 15.2. The highest BCUT2D eigenvalue weighted by Gasteiger charge is 2.21. The van der Waals surface area contributed by atoms with Crippen LogP contribution >= 0.6 is 0 Å². The predicted octanol–water partition coefficient (Wildman–Crippen LogP) is 2.70. The standard InChI is InChI=1S/C20H19FN6O/c21-15-5-7-26(11-15)8-6-22-20-23-10-13-9-14(12-28)19-24-16-3-1-2-4-17(16)27(19)18(13)25-20/h1-4,9-10,12,15H,5-8,11H2,(H,22,23,25)/t15-/m0/s1. The largest absolute Gasteiger partial charge is 0.353 e. The van der Waals surface area contributed by atoms with Gasteiger partial charge in [0.1, 0.15) is 11.8 Å². The Hall–Kier alpha value is -3.13. The average molecular weight is 378 g/mol. The van der Waals surface area contributed by atoms with Gasteiger partial charge in [0.25, 0.3) is 0 Å². The van der Waals surface area contributed by atoms with Crippen molar-refractivity contribution < 1.29 is 9.18 Å². The van der Waals surface area contributed by atoms with Gasteiger partial charge in [0.15, 0.2) is 11.9 Å². The van der Waals surface area contributed by atoms with E-state index in [0.717, 1.165) is 35.8 Å². The number of nitrogens with one attached hydrogen (secondary N) is 1. The highest BCUT2D eigenvalue weighted by Crippen LogP contribution is 2.24. The van der Waals surface area contributed by atoms with Crippen LogP contribution in [0, 0.1) is 0 Å². The lowest BCUT2D eigenvalue weighted by atomic mass is 10.2. The van der Waals surface area contributed by atoms with Gasteiger partial charge >= 0.3 is 0 Å². The second kappa shape index (κ2) is 6.79. The quantitative estimate of drug-likeness (QED) is 0.538. The van der Waals surface area contributed by atoms with Crippen LogP contribution in [0.4, 0.5) is 10.3 Å².